The van der Waals surface area contributed by atoms with Gasteiger partial charge in [0.1, 0.15) is 5.01 Å². The first-order valence-electron chi connectivity index (χ1n) is 7.41. The Balaban J connectivity index is 1.66. The summed E-state index contributed by atoms with van der Waals surface area (Å²) in [6.45, 7) is 5.20. The zero-order chi connectivity index (χ0) is 14.8. The Hall–Kier alpha value is -1.20. The fourth-order valence-electron chi connectivity index (χ4n) is 2.39. The minimum atomic E-state index is 0.231. The summed E-state index contributed by atoms with van der Waals surface area (Å²) in [5.41, 5.74) is 0.905. The molecule has 112 valence electrons. The molecule has 0 radical (unpaired) electrons. The Labute approximate surface area is 133 Å². The highest BCUT2D eigenvalue weighted by Gasteiger charge is 2.32. The Morgan fingerprint density at radius 2 is 2.24 bits per heavy atom. The molecule has 3 nitrogen and oxygen atoms in total. The summed E-state index contributed by atoms with van der Waals surface area (Å²) < 4.78 is 0. The van der Waals surface area contributed by atoms with Crippen LogP contribution in [0.1, 0.15) is 32.4 Å². The summed E-state index contributed by atoms with van der Waals surface area (Å²) >= 11 is 3.32. The van der Waals surface area contributed by atoms with Crippen molar-refractivity contribution in [2.45, 2.75) is 39.2 Å². The third kappa shape index (κ3) is 3.71. The molecule has 0 atom stereocenters. The molecule has 1 amide bonds. The summed E-state index contributed by atoms with van der Waals surface area (Å²) in [5, 5.41) is 5.10. The van der Waals surface area contributed by atoms with Crippen LogP contribution in [-0.4, -0.2) is 28.4 Å². The van der Waals surface area contributed by atoms with E-state index in [1.807, 2.05) is 11.4 Å². The number of aromatic nitrogens is 1. The molecular formula is C16H20N2OS2. The molecule has 1 aliphatic rings. The van der Waals surface area contributed by atoms with Crippen LogP contribution >= 0.6 is 22.7 Å². The minimum Gasteiger partial charge on any atom is -0.339 e. The summed E-state index contributed by atoms with van der Waals surface area (Å²) in [6, 6.07) is 4.59. The number of hydrogen-bond acceptors (Lipinski definition) is 4. The van der Waals surface area contributed by atoms with E-state index in [9.17, 15) is 4.79 Å². The highest BCUT2D eigenvalue weighted by molar-refractivity contribution is 7.20. The SMILES string of the molecule is CC(C)CN(C(=O)Cc1csc(-c2cccs2)n1)C1CC1. The van der Waals surface area contributed by atoms with Gasteiger partial charge >= 0.3 is 0 Å². The maximum absolute atomic E-state index is 12.5. The molecule has 1 fully saturated rings. The number of carbonyl (C=O) groups is 1. The second-order valence-corrected chi connectivity index (χ2v) is 7.77. The molecule has 0 aliphatic heterocycles. The van der Waals surface area contributed by atoms with E-state index in [0.717, 1.165) is 30.1 Å². The van der Waals surface area contributed by atoms with E-state index < -0.39 is 0 Å². The molecule has 2 heterocycles. The van der Waals surface area contributed by atoms with Gasteiger partial charge in [0, 0.05) is 18.0 Å². The Morgan fingerprint density at radius 3 is 2.86 bits per heavy atom. The van der Waals surface area contributed by atoms with Gasteiger partial charge in [-0.15, -0.1) is 22.7 Å². The largest absolute Gasteiger partial charge is 0.339 e. The highest BCUT2D eigenvalue weighted by Crippen LogP contribution is 2.30. The average Bonchev–Trinajstić information content (AvgIpc) is 2.94. The Bertz CT molecular complexity index is 600. The number of carbonyl (C=O) groups excluding carboxylic acids is 1. The molecule has 0 saturated heterocycles. The Kier molecular flexibility index (Phi) is 4.40. The second kappa shape index (κ2) is 6.28. The summed E-state index contributed by atoms with van der Waals surface area (Å²) in [5.74, 6) is 0.751. The van der Waals surface area contributed by atoms with Crippen molar-refractivity contribution < 1.29 is 4.79 Å². The fourth-order valence-corrected chi connectivity index (χ4v) is 4.03. The van der Waals surface area contributed by atoms with Crippen LogP contribution in [0.2, 0.25) is 0 Å². The van der Waals surface area contributed by atoms with Crippen molar-refractivity contribution in [1.29, 1.82) is 0 Å². The lowest BCUT2D eigenvalue weighted by Gasteiger charge is -2.24. The number of thiazole rings is 1. The third-order valence-corrected chi connectivity index (χ3v) is 5.42. The van der Waals surface area contributed by atoms with Gasteiger partial charge in [-0.05, 0) is 30.2 Å². The van der Waals surface area contributed by atoms with Gasteiger partial charge in [-0.2, -0.15) is 0 Å². The maximum atomic E-state index is 12.5. The molecule has 2 aromatic heterocycles. The van der Waals surface area contributed by atoms with Crippen molar-refractivity contribution in [3.05, 3.63) is 28.6 Å². The van der Waals surface area contributed by atoms with Gasteiger partial charge in [0.05, 0.1) is 17.0 Å². The topological polar surface area (TPSA) is 33.2 Å². The monoisotopic (exact) mass is 320 g/mol. The van der Waals surface area contributed by atoms with Crippen molar-refractivity contribution in [2.75, 3.05) is 6.54 Å². The van der Waals surface area contributed by atoms with Gasteiger partial charge in [-0.1, -0.05) is 19.9 Å². The number of thiophene rings is 1. The normalized spacial score (nSPS) is 14.6. The van der Waals surface area contributed by atoms with Crippen LogP contribution in [0.3, 0.4) is 0 Å². The molecule has 1 aliphatic carbocycles. The molecule has 5 heteroatoms. The van der Waals surface area contributed by atoms with Gasteiger partial charge in [0.2, 0.25) is 5.91 Å². The summed E-state index contributed by atoms with van der Waals surface area (Å²) in [6.07, 6.45) is 2.76. The number of rotatable bonds is 6. The smallest absolute Gasteiger partial charge is 0.228 e. The number of amides is 1. The zero-order valence-corrected chi connectivity index (χ0v) is 14.0. The van der Waals surface area contributed by atoms with Gasteiger partial charge < -0.3 is 4.90 Å². The molecule has 21 heavy (non-hydrogen) atoms. The molecule has 3 rings (SSSR count). The first-order chi connectivity index (χ1) is 10.1. The van der Waals surface area contributed by atoms with Crippen molar-refractivity contribution in [3.63, 3.8) is 0 Å². The van der Waals surface area contributed by atoms with Crippen LogP contribution in [0, 0.1) is 5.92 Å². The maximum Gasteiger partial charge on any atom is 0.228 e. The van der Waals surface area contributed by atoms with Crippen molar-refractivity contribution in [2.24, 2.45) is 5.92 Å². The van der Waals surface area contributed by atoms with Crippen LogP contribution < -0.4 is 0 Å². The van der Waals surface area contributed by atoms with Crippen molar-refractivity contribution >= 4 is 28.6 Å². The summed E-state index contributed by atoms with van der Waals surface area (Å²) in [7, 11) is 0. The van der Waals surface area contributed by atoms with E-state index in [1.54, 1.807) is 22.7 Å². The van der Waals surface area contributed by atoms with Crippen LogP contribution in [0.4, 0.5) is 0 Å². The number of hydrogen-bond donors (Lipinski definition) is 0. The van der Waals surface area contributed by atoms with Gasteiger partial charge in [0.15, 0.2) is 0 Å². The average molecular weight is 320 g/mol. The molecule has 0 aromatic carbocycles. The van der Waals surface area contributed by atoms with Crippen molar-refractivity contribution in [1.82, 2.24) is 9.88 Å². The summed E-state index contributed by atoms with van der Waals surface area (Å²) in [4.78, 5) is 20.4. The van der Waals surface area contributed by atoms with Crippen LogP contribution in [0.15, 0.2) is 22.9 Å². The van der Waals surface area contributed by atoms with Crippen LogP contribution in [0.25, 0.3) is 9.88 Å². The lowest BCUT2D eigenvalue weighted by Crippen LogP contribution is -2.37. The highest BCUT2D eigenvalue weighted by atomic mass is 32.1. The standard InChI is InChI=1S/C16H20N2OS2/c1-11(2)9-18(13-5-6-13)15(19)8-12-10-21-16(17-12)14-4-3-7-20-14/h3-4,7,10-11,13H,5-6,8-9H2,1-2H3. The molecule has 0 N–H and O–H groups in total. The van der Waals surface area contributed by atoms with E-state index in [4.69, 9.17) is 0 Å². The lowest BCUT2D eigenvalue weighted by atomic mass is 10.2. The molecule has 0 unspecified atom stereocenters. The first-order valence-corrected chi connectivity index (χ1v) is 9.17. The minimum absolute atomic E-state index is 0.231. The quantitative estimate of drug-likeness (QED) is 0.804. The van der Waals surface area contributed by atoms with Gasteiger partial charge in [-0.3, -0.25) is 4.79 Å². The zero-order valence-electron chi connectivity index (χ0n) is 12.4. The molecule has 1 saturated carbocycles. The first kappa shape index (κ1) is 14.7. The molecule has 0 spiro atoms. The second-order valence-electron chi connectivity index (χ2n) is 5.97. The van der Waals surface area contributed by atoms with Crippen LogP contribution in [0.5, 0.6) is 0 Å². The van der Waals surface area contributed by atoms with E-state index in [1.165, 1.54) is 4.88 Å². The van der Waals surface area contributed by atoms with Crippen LogP contribution in [-0.2, 0) is 11.2 Å². The van der Waals surface area contributed by atoms with Crippen molar-refractivity contribution in [3.8, 4) is 9.88 Å². The molecular weight excluding hydrogens is 300 g/mol. The van der Waals surface area contributed by atoms with Gasteiger partial charge in [-0.25, -0.2) is 4.98 Å². The van der Waals surface area contributed by atoms with E-state index in [-0.39, 0.29) is 5.91 Å². The lowest BCUT2D eigenvalue weighted by molar-refractivity contribution is -0.131. The Morgan fingerprint density at radius 1 is 1.43 bits per heavy atom. The molecule has 2 aromatic rings. The van der Waals surface area contributed by atoms with E-state index in [2.05, 4.69) is 35.2 Å². The third-order valence-electron chi connectivity index (χ3n) is 3.49. The predicted molar refractivity (Wildman–Crippen MR) is 88.7 cm³/mol. The van der Waals surface area contributed by atoms with E-state index >= 15 is 0 Å². The van der Waals surface area contributed by atoms with Gasteiger partial charge in [0.25, 0.3) is 0 Å². The van der Waals surface area contributed by atoms with E-state index in [0.29, 0.717) is 18.4 Å². The molecule has 0 bridgehead atoms. The number of nitrogens with zero attached hydrogens (tertiary/aromatic N) is 2. The fraction of sp³-hybridized carbons (Fsp3) is 0.500. The predicted octanol–water partition coefficient (Wildman–Crippen LogP) is 4.06.